The van der Waals surface area contributed by atoms with Gasteiger partial charge in [-0.05, 0) is 18.6 Å². The molecule has 1 N–H and O–H groups in total. The Morgan fingerprint density at radius 3 is 2.44 bits per heavy atom. The van der Waals surface area contributed by atoms with Gasteiger partial charge in [-0.15, -0.1) is 0 Å². The number of urea groups is 1. The van der Waals surface area contributed by atoms with Crippen LogP contribution < -0.4 is 10.1 Å². The van der Waals surface area contributed by atoms with Gasteiger partial charge in [0, 0.05) is 5.56 Å². The molecule has 1 aliphatic rings. The second kappa shape index (κ2) is 7.49. The van der Waals surface area contributed by atoms with Gasteiger partial charge in [0.25, 0.3) is 5.91 Å². The maximum absolute atomic E-state index is 12.8. The van der Waals surface area contributed by atoms with Crippen molar-refractivity contribution < 1.29 is 23.9 Å². The first-order valence-electron chi connectivity index (χ1n) is 8.43. The van der Waals surface area contributed by atoms with Crippen molar-refractivity contribution in [2.45, 2.75) is 19.1 Å². The zero-order chi connectivity index (χ0) is 19.4. The Morgan fingerprint density at radius 1 is 1.07 bits per heavy atom. The van der Waals surface area contributed by atoms with E-state index in [1.54, 1.807) is 49.4 Å². The van der Waals surface area contributed by atoms with Crippen LogP contribution in [-0.4, -0.2) is 36.5 Å². The minimum Gasteiger partial charge on any atom is -0.496 e. The lowest BCUT2D eigenvalue weighted by molar-refractivity contribution is -0.148. The van der Waals surface area contributed by atoms with Crippen LogP contribution in [0.5, 0.6) is 5.75 Å². The molecule has 27 heavy (non-hydrogen) atoms. The summed E-state index contributed by atoms with van der Waals surface area (Å²) in [7, 11) is 1.53. The predicted octanol–water partition coefficient (Wildman–Crippen LogP) is 2.21. The number of esters is 1. The van der Waals surface area contributed by atoms with Gasteiger partial charge in [-0.3, -0.25) is 14.5 Å². The Kier molecular flexibility index (Phi) is 5.12. The highest BCUT2D eigenvalue weighted by Gasteiger charge is 2.49. The van der Waals surface area contributed by atoms with Crippen molar-refractivity contribution in [2.24, 2.45) is 0 Å². The summed E-state index contributed by atoms with van der Waals surface area (Å²) in [4.78, 5) is 38.1. The molecule has 0 unspecified atom stereocenters. The number of para-hydroxylation sites is 1. The number of ether oxygens (including phenoxy) is 2. The largest absolute Gasteiger partial charge is 0.496 e. The number of carbonyl (C=O) groups is 3. The molecule has 140 valence electrons. The van der Waals surface area contributed by atoms with Crippen LogP contribution in [0.2, 0.25) is 0 Å². The minimum absolute atomic E-state index is 0.0115. The number of carbonyl (C=O) groups excluding carboxylic acids is 3. The molecular formula is C20H20N2O5. The number of benzene rings is 2. The molecule has 1 heterocycles. The third-order valence-electron chi connectivity index (χ3n) is 4.49. The van der Waals surface area contributed by atoms with Gasteiger partial charge in [0.15, 0.2) is 0 Å². The summed E-state index contributed by atoms with van der Waals surface area (Å²) in [5.74, 6) is -0.577. The lowest BCUT2D eigenvalue weighted by Crippen LogP contribution is -2.41. The molecule has 1 saturated heterocycles. The summed E-state index contributed by atoms with van der Waals surface area (Å²) in [6, 6.07) is 15.4. The van der Waals surface area contributed by atoms with E-state index in [0.29, 0.717) is 16.9 Å². The molecule has 0 radical (unpaired) electrons. The number of nitrogens with zero attached hydrogens (tertiary/aromatic N) is 1. The number of hydrogen-bond acceptors (Lipinski definition) is 5. The van der Waals surface area contributed by atoms with Gasteiger partial charge < -0.3 is 14.8 Å². The predicted molar refractivity (Wildman–Crippen MR) is 96.8 cm³/mol. The molecule has 3 amide bonds. The Hall–Kier alpha value is -3.35. The number of nitrogens with one attached hydrogen (secondary N) is 1. The molecule has 0 aliphatic carbocycles. The summed E-state index contributed by atoms with van der Waals surface area (Å²) in [6.07, 6.45) is 0. The molecule has 1 aliphatic heterocycles. The van der Waals surface area contributed by atoms with E-state index in [-0.39, 0.29) is 6.61 Å². The van der Waals surface area contributed by atoms with Crippen LogP contribution in [0.15, 0.2) is 54.6 Å². The molecule has 7 heteroatoms. The van der Waals surface area contributed by atoms with Crippen molar-refractivity contribution in [3.63, 3.8) is 0 Å². The van der Waals surface area contributed by atoms with E-state index >= 15 is 0 Å². The summed E-state index contributed by atoms with van der Waals surface area (Å²) in [5, 5.41) is 2.65. The molecular weight excluding hydrogens is 348 g/mol. The van der Waals surface area contributed by atoms with E-state index in [1.807, 2.05) is 12.1 Å². The summed E-state index contributed by atoms with van der Waals surface area (Å²) < 4.78 is 10.4. The number of methoxy groups -OCH3 is 1. The van der Waals surface area contributed by atoms with Crippen molar-refractivity contribution in [1.29, 1.82) is 0 Å². The second-order valence-corrected chi connectivity index (χ2v) is 6.29. The van der Waals surface area contributed by atoms with Gasteiger partial charge in [0.05, 0.1) is 7.11 Å². The SMILES string of the molecule is COc1ccccc1COC(=O)CN1C(=O)N[C@](C)(c2ccccc2)C1=O. The molecule has 7 nitrogen and oxygen atoms in total. The van der Waals surface area contributed by atoms with E-state index in [9.17, 15) is 14.4 Å². The summed E-state index contributed by atoms with van der Waals surface area (Å²) in [6.45, 7) is 1.15. The molecule has 3 rings (SSSR count). The molecule has 1 atom stereocenters. The van der Waals surface area contributed by atoms with Crippen LogP contribution in [0.3, 0.4) is 0 Å². The number of hydrogen-bond donors (Lipinski definition) is 1. The zero-order valence-electron chi connectivity index (χ0n) is 15.1. The smallest absolute Gasteiger partial charge is 0.326 e. The normalized spacial score (nSPS) is 19.0. The van der Waals surface area contributed by atoms with Crippen LogP contribution in [0, 0.1) is 0 Å². The third kappa shape index (κ3) is 3.62. The van der Waals surface area contributed by atoms with Gasteiger partial charge >= 0.3 is 12.0 Å². The minimum atomic E-state index is -1.21. The molecule has 0 aromatic heterocycles. The van der Waals surface area contributed by atoms with Crippen LogP contribution in [-0.2, 0) is 26.5 Å². The molecule has 0 saturated carbocycles. The molecule has 0 bridgehead atoms. The van der Waals surface area contributed by atoms with Crippen molar-refractivity contribution in [1.82, 2.24) is 10.2 Å². The highest BCUT2D eigenvalue weighted by molar-refractivity contribution is 6.08. The zero-order valence-corrected chi connectivity index (χ0v) is 15.1. The van der Waals surface area contributed by atoms with E-state index in [2.05, 4.69) is 5.32 Å². The lowest BCUT2D eigenvalue weighted by atomic mass is 9.92. The highest BCUT2D eigenvalue weighted by atomic mass is 16.5. The Bertz CT molecular complexity index is 868. The first-order valence-corrected chi connectivity index (χ1v) is 8.43. The monoisotopic (exact) mass is 368 g/mol. The van der Waals surface area contributed by atoms with E-state index in [0.717, 1.165) is 4.90 Å². The fraction of sp³-hybridized carbons (Fsp3) is 0.250. The molecule has 2 aromatic carbocycles. The quantitative estimate of drug-likeness (QED) is 0.624. The van der Waals surface area contributed by atoms with Crippen LogP contribution in [0.1, 0.15) is 18.1 Å². The second-order valence-electron chi connectivity index (χ2n) is 6.29. The maximum Gasteiger partial charge on any atom is 0.326 e. The number of rotatable bonds is 6. The summed E-state index contributed by atoms with van der Waals surface area (Å²) in [5.41, 5.74) is 0.134. The molecule has 1 fully saturated rings. The number of imide groups is 1. The third-order valence-corrected chi connectivity index (χ3v) is 4.49. The molecule has 2 aromatic rings. The van der Waals surface area contributed by atoms with E-state index < -0.39 is 30.0 Å². The fourth-order valence-electron chi connectivity index (χ4n) is 2.96. The van der Waals surface area contributed by atoms with Gasteiger partial charge in [0.1, 0.15) is 24.4 Å². The Labute approximate surface area is 156 Å². The highest BCUT2D eigenvalue weighted by Crippen LogP contribution is 2.28. The Morgan fingerprint density at radius 2 is 1.74 bits per heavy atom. The van der Waals surface area contributed by atoms with Crippen molar-refractivity contribution in [3.8, 4) is 5.75 Å². The van der Waals surface area contributed by atoms with Crippen LogP contribution in [0.25, 0.3) is 0 Å². The van der Waals surface area contributed by atoms with Gasteiger partial charge in [-0.25, -0.2) is 4.79 Å². The summed E-state index contributed by atoms with van der Waals surface area (Å²) >= 11 is 0. The van der Waals surface area contributed by atoms with Crippen LogP contribution in [0.4, 0.5) is 4.79 Å². The van der Waals surface area contributed by atoms with E-state index in [4.69, 9.17) is 9.47 Å². The topological polar surface area (TPSA) is 84.9 Å². The van der Waals surface area contributed by atoms with Crippen LogP contribution >= 0.6 is 0 Å². The lowest BCUT2D eigenvalue weighted by Gasteiger charge is -2.22. The van der Waals surface area contributed by atoms with Crippen molar-refractivity contribution in [2.75, 3.05) is 13.7 Å². The first kappa shape index (κ1) is 18.4. The Balaban J connectivity index is 1.66. The maximum atomic E-state index is 12.8. The number of amides is 3. The first-order chi connectivity index (χ1) is 13.0. The van der Waals surface area contributed by atoms with E-state index in [1.165, 1.54) is 7.11 Å². The van der Waals surface area contributed by atoms with Crippen molar-refractivity contribution >= 4 is 17.9 Å². The van der Waals surface area contributed by atoms with Gasteiger partial charge in [0.2, 0.25) is 0 Å². The van der Waals surface area contributed by atoms with Gasteiger partial charge in [-0.2, -0.15) is 0 Å². The standard InChI is InChI=1S/C20H20N2O5/c1-20(15-9-4-3-5-10-15)18(24)22(19(25)21-20)12-17(23)27-13-14-8-6-7-11-16(14)26-2/h3-11H,12-13H2,1-2H3,(H,21,25)/t20-/m1/s1. The average molecular weight is 368 g/mol. The molecule has 0 spiro atoms. The fourth-order valence-corrected chi connectivity index (χ4v) is 2.96. The average Bonchev–Trinajstić information content (AvgIpc) is 2.91. The van der Waals surface area contributed by atoms with Gasteiger partial charge in [-0.1, -0.05) is 48.5 Å². The van der Waals surface area contributed by atoms with Crippen molar-refractivity contribution in [3.05, 3.63) is 65.7 Å².